The summed E-state index contributed by atoms with van der Waals surface area (Å²) in [6, 6.07) is 12.9. The van der Waals surface area contributed by atoms with Gasteiger partial charge in [0.05, 0.1) is 64.8 Å². The molecule has 6 aromatic heterocycles. The fourth-order valence-corrected chi connectivity index (χ4v) is 9.64. The minimum Gasteiger partial charge on any atom is -0.486 e. The number of nitrogens with one attached hydrogen (secondary N) is 1. The predicted octanol–water partition coefficient (Wildman–Crippen LogP) is 6.48. The molecule has 0 aromatic carbocycles. The summed E-state index contributed by atoms with van der Waals surface area (Å²) in [7, 11) is 0. The highest BCUT2D eigenvalue weighted by atomic mass is 19.3. The second-order valence-electron chi connectivity index (χ2n) is 19.9. The fourth-order valence-electron chi connectivity index (χ4n) is 9.64. The van der Waals surface area contributed by atoms with Gasteiger partial charge in [0, 0.05) is 94.3 Å². The summed E-state index contributed by atoms with van der Waals surface area (Å²) < 4.78 is 90.8. The Hall–Kier alpha value is -7.31. The maximum atomic E-state index is 13.3. The quantitative estimate of drug-likeness (QED) is 0.103. The summed E-state index contributed by atoms with van der Waals surface area (Å²) in [5.41, 5.74) is 2.46. The Morgan fingerprint density at radius 3 is 1.60 bits per heavy atom. The first-order valence-electron chi connectivity index (χ1n) is 25.7. The molecular weight excluding hydrogens is 1010 g/mol. The number of halogens is 4. The average molecular weight is 1080 g/mol. The summed E-state index contributed by atoms with van der Waals surface area (Å²) >= 11 is 0. The molecule has 412 valence electrons. The number of ether oxygens (including phenoxy) is 7. The van der Waals surface area contributed by atoms with Gasteiger partial charge in [0.15, 0.2) is 23.0 Å². The molecule has 0 saturated carbocycles. The molecule has 10 rings (SSSR count). The van der Waals surface area contributed by atoms with E-state index < -0.39 is 24.9 Å². The van der Waals surface area contributed by atoms with Crippen molar-refractivity contribution >= 4 is 28.2 Å². The van der Waals surface area contributed by atoms with Crippen molar-refractivity contribution in [3.63, 3.8) is 0 Å². The van der Waals surface area contributed by atoms with Crippen molar-refractivity contribution in [1.29, 1.82) is 0 Å². The first kappa shape index (κ1) is 54.5. The van der Waals surface area contributed by atoms with Crippen LogP contribution in [0.3, 0.4) is 0 Å². The van der Waals surface area contributed by atoms with Crippen molar-refractivity contribution < 1.29 is 55.5 Å². The van der Waals surface area contributed by atoms with Crippen LogP contribution in [0.4, 0.5) is 22.4 Å². The van der Waals surface area contributed by atoms with Crippen LogP contribution in [-0.4, -0.2) is 146 Å². The van der Waals surface area contributed by atoms with Gasteiger partial charge in [-0.15, -0.1) is 0 Å². The SMILES string of the molecule is CC(C)(C)OC(=O)N(Cc1cc2c(cn1)OCCO2)C1CCN(CCn2c(=O)ccc3ncc(OC(F)F)cc32)CC1.O=c1ccc2ncc(OC(F)F)cc2n1CCN1CCC(NCc2cc3c(cn2)OCCO3)CC1. The second-order valence-corrected chi connectivity index (χ2v) is 19.9. The number of hydrogen-bond acceptors (Lipinski definition) is 17. The predicted molar refractivity (Wildman–Crippen MR) is 273 cm³/mol. The highest BCUT2D eigenvalue weighted by Gasteiger charge is 2.32. The zero-order valence-corrected chi connectivity index (χ0v) is 43.1. The lowest BCUT2D eigenvalue weighted by molar-refractivity contribution is -0.0506. The first-order chi connectivity index (χ1) is 37.1. The minimum absolute atomic E-state index is 0.0637. The normalized spacial score (nSPS) is 16.3. The Morgan fingerprint density at radius 1 is 0.636 bits per heavy atom. The lowest BCUT2D eigenvalue weighted by Crippen LogP contribution is -2.49. The highest BCUT2D eigenvalue weighted by molar-refractivity contribution is 5.76. The molecule has 0 spiro atoms. The van der Waals surface area contributed by atoms with Gasteiger partial charge in [0.1, 0.15) is 43.5 Å². The molecule has 4 aliphatic heterocycles. The molecule has 1 amide bonds. The van der Waals surface area contributed by atoms with Gasteiger partial charge in [0.2, 0.25) is 0 Å². The number of hydrogen-bond donors (Lipinski definition) is 1. The molecule has 0 unspecified atom stereocenters. The zero-order valence-electron chi connectivity index (χ0n) is 43.1. The topological polar surface area (TPSA) is 199 Å². The van der Waals surface area contributed by atoms with Crippen LogP contribution in [0.1, 0.15) is 57.8 Å². The summed E-state index contributed by atoms with van der Waals surface area (Å²) in [5, 5.41) is 3.57. The number of rotatable bonds is 16. The molecule has 77 heavy (non-hydrogen) atoms. The molecule has 0 aliphatic carbocycles. The van der Waals surface area contributed by atoms with E-state index in [1.807, 2.05) is 26.8 Å². The van der Waals surface area contributed by atoms with Crippen LogP contribution < -0.4 is 44.9 Å². The van der Waals surface area contributed by atoms with E-state index in [9.17, 15) is 31.9 Å². The number of alkyl halides is 4. The van der Waals surface area contributed by atoms with E-state index >= 15 is 0 Å². The van der Waals surface area contributed by atoms with Crippen LogP contribution in [0.15, 0.2) is 82.9 Å². The summed E-state index contributed by atoms with van der Waals surface area (Å²) in [6.45, 7) is 7.69. The van der Waals surface area contributed by atoms with Crippen molar-refractivity contribution in [2.45, 2.75) is 104 Å². The molecule has 4 aliphatic rings. The van der Waals surface area contributed by atoms with Gasteiger partial charge in [0.25, 0.3) is 11.1 Å². The number of amides is 1. The number of aromatic nitrogens is 6. The monoisotopic (exact) mass is 1070 g/mol. The molecule has 0 bridgehead atoms. The molecule has 1 N–H and O–H groups in total. The molecule has 24 heteroatoms. The van der Waals surface area contributed by atoms with Gasteiger partial charge in [-0.3, -0.25) is 34.4 Å². The van der Waals surface area contributed by atoms with Gasteiger partial charge in [-0.25, -0.2) is 4.79 Å². The number of piperidine rings is 2. The lowest BCUT2D eigenvalue weighted by Gasteiger charge is -2.39. The average Bonchev–Trinajstić information content (AvgIpc) is 3.41. The van der Waals surface area contributed by atoms with Gasteiger partial charge in [-0.05, 0) is 71.7 Å². The number of carbonyl (C=O) groups is 1. The van der Waals surface area contributed by atoms with Crippen molar-refractivity contribution in [1.82, 2.24) is 49.1 Å². The number of likely N-dealkylation sites (tertiary alicyclic amines) is 2. The van der Waals surface area contributed by atoms with Crippen LogP contribution in [0.5, 0.6) is 34.5 Å². The summed E-state index contributed by atoms with van der Waals surface area (Å²) in [5.74, 6) is 2.45. The van der Waals surface area contributed by atoms with Crippen molar-refractivity contribution in [2.75, 3.05) is 65.7 Å². The van der Waals surface area contributed by atoms with Crippen LogP contribution >= 0.6 is 0 Å². The lowest BCUT2D eigenvalue weighted by atomic mass is 10.0. The second kappa shape index (κ2) is 24.8. The third-order valence-electron chi connectivity index (χ3n) is 13.4. The Bertz CT molecular complexity index is 3110. The van der Waals surface area contributed by atoms with Crippen LogP contribution in [0.2, 0.25) is 0 Å². The standard InChI is InChI=1S/C29H35F2N5O6.C24H27F2N5O4/c1-29(2,3)42-28(38)36(18-19-14-24-25(17-32-19)40-13-12-39-24)20-6-8-34(9-7-20)10-11-35-23-15-21(41-27(30)31)16-33-22(23)4-5-26(35)37;25-24(26)35-18-12-20-19(29-14-18)1-2-23(32)31(20)8-7-30-5-3-16(4-6-30)27-13-17-11-21-22(15-28-17)34-10-9-33-21/h4-5,14-17,20,27H,6-13,18H2,1-3H3;1-2,11-12,14-16,24,27H,3-10,13H2. The maximum absolute atomic E-state index is 13.3. The van der Waals surface area contributed by atoms with E-state index in [0.29, 0.717) is 136 Å². The summed E-state index contributed by atoms with van der Waals surface area (Å²) in [4.78, 5) is 62.0. The number of nitrogens with zero attached hydrogens (tertiary/aromatic N) is 9. The van der Waals surface area contributed by atoms with Crippen molar-refractivity contribution in [3.05, 3.63) is 105 Å². The molecule has 20 nitrogen and oxygen atoms in total. The Labute approximate surface area is 440 Å². The third kappa shape index (κ3) is 14.6. The van der Waals surface area contributed by atoms with E-state index in [4.69, 9.17) is 23.7 Å². The van der Waals surface area contributed by atoms with Gasteiger partial charge in [-0.1, -0.05) is 0 Å². The molecule has 2 fully saturated rings. The van der Waals surface area contributed by atoms with Crippen LogP contribution in [-0.2, 0) is 30.9 Å². The zero-order chi connectivity index (χ0) is 54.1. The fraction of sp³-hybridized carbons (Fsp3) is 0.491. The van der Waals surface area contributed by atoms with Crippen LogP contribution in [0, 0.1) is 0 Å². The van der Waals surface area contributed by atoms with Crippen molar-refractivity contribution in [2.24, 2.45) is 0 Å². The highest BCUT2D eigenvalue weighted by Crippen LogP contribution is 2.32. The smallest absolute Gasteiger partial charge is 0.410 e. The maximum Gasteiger partial charge on any atom is 0.410 e. The molecule has 10 heterocycles. The molecule has 2 saturated heterocycles. The molecular formula is C53H62F4N10O10. The van der Waals surface area contributed by atoms with E-state index in [2.05, 4.69) is 44.5 Å². The van der Waals surface area contributed by atoms with Gasteiger partial charge < -0.3 is 57.4 Å². The molecule has 0 radical (unpaired) electrons. The van der Waals surface area contributed by atoms with E-state index in [1.54, 1.807) is 40.1 Å². The van der Waals surface area contributed by atoms with Crippen LogP contribution in [0.25, 0.3) is 22.1 Å². The van der Waals surface area contributed by atoms with E-state index in [-0.39, 0.29) is 35.2 Å². The van der Waals surface area contributed by atoms with Gasteiger partial charge in [-0.2, -0.15) is 17.6 Å². The number of carbonyl (C=O) groups excluding carboxylic acids is 1. The number of fused-ring (bicyclic) bond motifs is 4. The minimum atomic E-state index is -2.99. The molecule has 0 atom stereocenters. The van der Waals surface area contributed by atoms with Crippen molar-refractivity contribution in [3.8, 4) is 34.5 Å². The van der Waals surface area contributed by atoms with E-state index in [0.717, 1.165) is 37.4 Å². The van der Waals surface area contributed by atoms with E-state index in [1.165, 1.54) is 41.2 Å². The summed E-state index contributed by atoms with van der Waals surface area (Å²) in [6.07, 6.45) is 8.71. The first-order valence-corrected chi connectivity index (χ1v) is 25.7. The Kier molecular flexibility index (Phi) is 17.5. The number of pyridine rings is 6. The third-order valence-corrected chi connectivity index (χ3v) is 13.4. The van der Waals surface area contributed by atoms with Gasteiger partial charge >= 0.3 is 19.3 Å². The molecule has 6 aromatic rings. The Balaban J connectivity index is 0.000000191. The largest absolute Gasteiger partial charge is 0.486 e. The Morgan fingerprint density at radius 2 is 1.10 bits per heavy atom.